The van der Waals surface area contributed by atoms with Crippen LogP contribution in [0.25, 0.3) is 43.2 Å². The maximum absolute atomic E-state index is 9.18. The van der Waals surface area contributed by atoms with Gasteiger partial charge in [-0.1, -0.05) is 6.07 Å². The number of hydrogen-bond donors (Lipinski definition) is 0. The average molecular weight is 404 g/mol. The summed E-state index contributed by atoms with van der Waals surface area (Å²) in [5.74, 6) is 0. The topological polar surface area (TPSA) is 86.0 Å². The van der Waals surface area contributed by atoms with Gasteiger partial charge in [0.1, 0.15) is 17.2 Å². The van der Waals surface area contributed by atoms with Crippen molar-refractivity contribution in [1.82, 2.24) is 4.98 Å². The molecule has 30 heavy (non-hydrogen) atoms. The van der Waals surface area contributed by atoms with Gasteiger partial charge in [-0.2, -0.15) is 10.5 Å². The van der Waals surface area contributed by atoms with Gasteiger partial charge in [0.25, 0.3) is 0 Å². The first-order valence-corrected chi connectivity index (χ1v) is 10.3. The van der Waals surface area contributed by atoms with Crippen molar-refractivity contribution in [2.45, 2.75) is 12.5 Å². The summed E-state index contributed by atoms with van der Waals surface area (Å²) in [6.07, 6.45) is 6.11. The molecule has 0 amide bonds. The van der Waals surface area contributed by atoms with Crippen molar-refractivity contribution in [3.8, 4) is 23.3 Å². The Labute approximate surface area is 175 Å². The molecule has 5 nitrogen and oxygen atoms in total. The molecule has 1 aliphatic rings. The van der Waals surface area contributed by atoms with Gasteiger partial charge in [0, 0.05) is 61.9 Å². The third-order valence-electron chi connectivity index (χ3n) is 5.54. The quantitative estimate of drug-likeness (QED) is 0.364. The minimum absolute atomic E-state index is 0.295. The van der Waals surface area contributed by atoms with Crippen LogP contribution in [0.2, 0.25) is 0 Å². The lowest BCUT2D eigenvalue weighted by molar-refractivity contribution is 0.669. The van der Waals surface area contributed by atoms with E-state index < -0.39 is 0 Å². The first-order chi connectivity index (χ1) is 14.7. The molecule has 6 rings (SSSR count). The van der Waals surface area contributed by atoms with Crippen LogP contribution in [0.1, 0.15) is 16.0 Å². The van der Waals surface area contributed by atoms with E-state index in [1.54, 1.807) is 29.7 Å². The highest BCUT2D eigenvalue weighted by molar-refractivity contribution is 7.19. The highest BCUT2D eigenvalue weighted by Gasteiger charge is 2.20. The van der Waals surface area contributed by atoms with Crippen LogP contribution in [-0.2, 0) is 6.42 Å². The Morgan fingerprint density at radius 2 is 1.97 bits per heavy atom. The Balaban J connectivity index is 1.57. The minimum Gasteiger partial charge on any atom is -0.455 e. The number of furan rings is 1. The summed E-state index contributed by atoms with van der Waals surface area (Å²) in [6.45, 7) is 0. The van der Waals surface area contributed by atoms with Crippen LogP contribution in [0.4, 0.5) is 0 Å². The normalized spacial score (nSPS) is 15.3. The first-order valence-electron chi connectivity index (χ1n) is 9.44. The summed E-state index contributed by atoms with van der Waals surface area (Å²) < 4.78 is 7.34. The molecule has 0 saturated carbocycles. The largest absolute Gasteiger partial charge is 0.455 e. The van der Waals surface area contributed by atoms with Gasteiger partial charge in [0.15, 0.2) is 0 Å². The molecule has 0 aliphatic carbocycles. The van der Waals surface area contributed by atoms with Crippen LogP contribution >= 0.6 is 11.3 Å². The van der Waals surface area contributed by atoms with Gasteiger partial charge in [-0.15, -0.1) is 11.3 Å². The number of aliphatic imine (C=N–C) groups is 1. The number of nitrogens with zero attached hydrogens (tertiary/aromatic N) is 4. The highest BCUT2D eigenvalue weighted by atomic mass is 32.1. The van der Waals surface area contributed by atoms with Gasteiger partial charge in [-0.05, 0) is 35.9 Å². The SMILES string of the molecule is N#Cc1ccc2c(c1)oc1c(-c3ccc4sc5c(c4c3)C=NC(C#N)C5)cncc12. The minimum atomic E-state index is -0.295. The highest BCUT2D eigenvalue weighted by Crippen LogP contribution is 2.39. The lowest BCUT2D eigenvalue weighted by Crippen LogP contribution is -2.10. The Kier molecular flexibility index (Phi) is 3.52. The molecule has 0 saturated heterocycles. The predicted molar refractivity (Wildman–Crippen MR) is 118 cm³/mol. The smallest absolute Gasteiger partial charge is 0.146 e. The number of hydrogen-bond acceptors (Lipinski definition) is 6. The molecule has 0 fully saturated rings. The second-order valence-electron chi connectivity index (χ2n) is 7.27. The number of thiophene rings is 1. The summed E-state index contributed by atoms with van der Waals surface area (Å²) in [6, 6.07) is 15.9. The lowest BCUT2D eigenvalue weighted by atomic mass is 10.00. The summed E-state index contributed by atoms with van der Waals surface area (Å²) in [5, 5.41) is 21.4. The van der Waals surface area contributed by atoms with Gasteiger partial charge < -0.3 is 4.42 Å². The molecule has 3 aromatic heterocycles. The summed E-state index contributed by atoms with van der Waals surface area (Å²) in [4.78, 5) is 10.0. The van der Waals surface area contributed by atoms with Crippen LogP contribution in [-0.4, -0.2) is 17.2 Å². The Morgan fingerprint density at radius 1 is 1.03 bits per heavy atom. The molecule has 1 atom stereocenters. The fraction of sp³-hybridized carbons (Fsp3) is 0.0833. The number of aromatic nitrogens is 1. The van der Waals surface area contributed by atoms with Crippen molar-refractivity contribution in [2.75, 3.05) is 0 Å². The molecule has 0 radical (unpaired) electrons. The fourth-order valence-electron chi connectivity index (χ4n) is 4.06. The molecule has 5 aromatic rings. The Morgan fingerprint density at radius 3 is 2.83 bits per heavy atom. The summed E-state index contributed by atoms with van der Waals surface area (Å²) in [5.41, 5.74) is 5.03. The lowest BCUT2D eigenvalue weighted by Gasteiger charge is -2.09. The van der Waals surface area contributed by atoms with E-state index >= 15 is 0 Å². The number of pyridine rings is 1. The van der Waals surface area contributed by atoms with Crippen molar-refractivity contribution in [1.29, 1.82) is 10.5 Å². The number of rotatable bonds is 1. The molecule has 1 unspecified atom stereocenters. The van der Waals surface area contributed by atoms with E-state index in [-0.39, 0.29) is 6.04 Å². The van der Waals surface area contributed by atoms with Crippen molar-refractivity contribution in [2.24, 2.45) is 4.99 Å². The van der Waals surface area contributed by atoms with Crippen LogP contribution < -0.4 is 0 Å². The average Bonchev–Trinajstić information content (AvgIpc) is 3.35. The van der Waals surface area contributed by atoms with Crippen LogP contribution in [0, 0.1) is 22.7 Å². The van der Waals surface area contributed by atoms with Crippen LogP contribution in [0.5, 0.6) is 0 Å². The van der Waals surface area contributed by atoms with Gasteiger partial charge in [0.2, 0.25) is 0 Å². The van der Waals surface area contributed by atoms with Crippen LogP contribution in [0.3, 0.4) is 0 Å². The summed E-state index contributed by atoms with van der Waals surface area (Å²) >= 11 is 1.72. The zero-order valence-electron chi connectivity index (χ0n) is 15.6. The molecule has 4 heterocycles. The molecule has 2 aromatic carbocycles. The molecular formula is C24H12N4OS. The molecule has 0 bridgehead atoms. The number of benzene rings is 2. The monoisotopic (exact) mass is 404 g/mol. The van der Waals surface area contributed by atoms with E-state index in [0.29, 0.717) is 17.6 Å². The van der Waals surface area contributed by atoms with E-state index in [9.17, 15) is 10.5 Å². The van der Waals surface area contributed by atoms with E-state index in [1.807, 2.05) is 18.5 Å². The molecule has 6 heteroatoms. The van der Waals surface area contributed by atoms with Gasteiger partial charge >= 0.3 is 0 Å². The van der Waals surface area contributed by atoms with Gasteiger partial charge in [-0.25, -0.2) is 0 Å². The Bertz CT molecular complexity index is 1610. The van der Waals surface area contributed by atoms with E-state index in [0.717, 1.165) is 38.4 Å². The third-order valence-corrected chi connectivity index (χ3v) is 6.74. The second kappa shape index (κ2) is 6.25. The maximum Gasteiger partial charge on any atom is 0.146 e. The van der Waals surface area contributed by atoms with Gasteiger partial charge in [-0.3, -0.25) is 9.98 Å². The van der Waals surface area contributed by atoms with Crippen molar-refractivity contribution in [3.05, 3.63) is 64.8 Å². The molecule has 140 valence electrons. The van der Waals surface area contributed by atoms with Crippen molar-refractivity contribution in [3.63, 3.8) is 0 Å². The van der Waals surface area contributed by atoms with Gasteiger partial charge in [0.05, 0.1) is 17.7 Å². The predicted octanol–water partition coefficient (Wildman–Crippen LogP) is 5.60. The van der Waals surface area contributed by atoms with E-state index in [2.05, 4.69) is 40.3 Å². The van der Waals surface area contributed by atoms with Crippen molar-refractivity contribution >= 4 is 49.6 Å². The zero-order chi connectivity index (χ0) is 20.2. The molecule has 1 aliphatic heterocycles. The molecule has 0 spiro atoms. The number of fused-ring (bicyclic) bond motifs is 6. The zero-order valence-corrected chi connectivity index (χ0v) is 16.4. The first kappa shape index (κ1) is 16.9. The number of nitriles is 2. The summed E-state index contributed by atoms with van der Waals surface area (Å²) in [7, 11) is 0. The fourth-order valence-corrected chi connectivity index (χ4v) is 5.26. The van der Waals surface area contributed by atoms with Crippen LogP contribution in [0.15, 0.2) is 58.2 Å². The van der Waals surface area contributed by atoms with Crippen molar-refractivity contribution < 1.29 is 4.42 Å². The second-order valence-corrected chi connectivity index (χ2v) is 8.40. The van der Waals surface area contributed by atoms with E-state index in [1.165, 1.54) is 9.58 Å². The molecule has 0 N–H and O–H groups in total. The Hall–Kier alpha value is -4.00. The van der Waals surface area contributed by atoms with E-state index in [4.69, 9.17) is 4.42 Å². The maximum atomic E-state index is 9.18. The third kappa shape index (κ3) is 2.38. The standard InChI is InChI=1S/C24H12N4OS/c25-8-13-1-3-16-20-11-27-10-18(24(20)29-21(16)5-13)14-2-4-22-17(6-14)19-12-28-15(9-26)7-23(19)30-22/h1-6,10-12,15H,7H2. The molecular weight excluding hydrogens is 392 g/mol.